The van der Waals surface area contributed by atoms with Gasteiger partial charge in [-0.1, -0.05) is 11.6 Å². The molecule has 82 valence electrons. The first kappa shape index (κ1) is 10.4. The van der Waals surface area contributed by atoms with E-state index in [0.29, 0.717) is 28.7 Å². The summed E-state index contributed by atoms with van der Waals surface area (Å²) < 4.78 is 15.6. The molecule has 0 aromatic heterocycles. The van der Waals surface area contributed by atoms with Crippen molar-refractivity contribution in [2.45, 2.75) is 6.42 Å². The summed E-state index contributed by atoms with van der Waals surface area (Å²) in [5.41, 5.74) is 0.814. The van der Waals surface area contributed by atoms with Gasteiger partial charge in [0.1, 0.15) is 10.8 Å². The molecule has 4 nitrogen and oxygen atoms in total. The molecule has 0 saturated carbocycles. The van der Waals surface area contributed by atoms with Crippen LogP contribution in [0, 0.1) is 0 Å². The van der Waals surface area contributed by atoms with Crippen LogP contribution in [0.5, 0.6) is 17.2 Å². The predicted molar refractivity (Wildman–Crippen MR) is 54.9 cm³/mol. The Balaban J connectivity index is 2.51. The maximum Gasteiger partial charge on any atom is 0.231 e. The quantitative estimate of drug-likeness (QED) is 0.857. The number of fused-ring (bicyclic) bond motifs is 1. The SMILES string of the molecule is COc1c(CCO)cc2c(c1Cl)OCO2. The summed E-state index contributed by atoms with van der Waals surface area (Å²) in [6.07, 6.45) is 0.472. The highest BCUT2D eigenvalue weighted by Crippen LogP contribution is 2.46. The lowest BCUT2D eigenvalue weighted by Gasteiger charge is -2.11. The van der Waals surface area contributed by atoms with E-state index in [4.69, 9.17) is 30.9 Å². The molecule has 2 rings (SSSR count). The van der Waals surface area contributed by atoms with Crippen molar-refractivity contribution >= 4 is 11.6 Å². The number of aliphatic hydroxyl groups excluding tert-OH is 1. The van der Waals surface area contributed by atoms with E-state index < -0.39 is 0 Å². The Morgan fingerprint density at radius 3 is 3.00 bits per heavy atom. The highest BCUT2D eigenvalue weighted by molar-refractivity contribution is 6.34. The van der Waals surface area contributed by atoms with Crippen molar-refractivity contribution < 1.29 is 19.3 Å². The number of ether oxygens (including phenoxy) is 3. The molecule has 0 radical (unpaired) electrons. The molecule has 0 saturated heterocycles. The average molecular weight is 231 g/mol. The van der Waals surface area contributed by atoms with Crippen LogP contribution in [-0.2, 0) is 6.42 Å². The molecular weight excluding hydrogens is 220 g/mol. The van der Waals surface area contributed by atoms with E-state index in [0.717, 1.165) is 5.56 Å². The molecule has 0 atom stereocenters. The van der Waals surface area contributed by atoms with Crippen molar-refractivity contribution in [3.63, 3.8) is 0 Å². The second-order valence-corrected chi connectivity index (χ2v) is 3.47. The standard InChI is InChI=1S/C10H11ClO4/c1-13-9-6(2-3-12)4-7-10(8(9)11)15-5-14-7/h4,12H,2-3,5H2,1H3. The Morgan fingerprint density at radius 2 is 2.33 bits per heavy atom. The third-order valence-electron chi connectivity index (χ3n) is 2.22. The van der Waals surface area contributed by atoms with E-state index in [2.05, 4.69) is 0 Å². The first-order valence-electron chi connectivity index (χ1n) is 4.53. The molecule has 0 aliphatic carbocycles. The fourth-order valence-corrected chi connectivity index (χ4v) is 1.91. The van der Waals surface area contributed by atoms with Gasteiger partial charge >= 0.3 is 0 Å². The zero-order valence-electron chi connectivity index (χ0n) is 8.25. The number of benzene rings is 1. The fraction of sp³-hybridized carbons (Fsp3) is 0.400. The zero-order chi connectivity index (χ0) is 10.8. The second kappa shape index (κ2) is 4.16. The predicted octanol–water partition coefficient (Wildman–Crippen LogP) is 1.61. The van der Waals surface area contributed by atoms with E-state index in [1.54, 1.807) is 6.07 Å². The van der Waals surface area contributed by atoms with Crippen LogP contribution < -0.4 is 14.2 Å². The Bertz CT molecular complexity index is 378. The molecule has 0 spiro atoms. The second-order valence-electron chi connectivity index (χ2n) is 3.09. The van der Waals surface area contributed by atoms with Crippen LogP contribution in [0.25, 0.3) is 0 Å². The van der Waals surface area contributed by atoms with Gasteiger partial charge in [-0.05, 0) is 12.5 Å². The summed E-state index contributed by atoms with van der Waals surface area (Å²) in [5.74, 6) is 1.65. The van der Waals surface area contributed by atoms with E-state index in [9.17, 15) is 0 Å². The summed E-state index contributed by atoms with van der Waals surface area (Å²) in [5, 5.41) is 9.31. The van der Waals surface area contributed by atoms with E-state index in [-0.39, 0.29) is 13.4 Å². The van der Waals surface area contributed by atoms with Crippen LogP contribution >= 0.6 is 11.6 Å². The number of hydrogen-bond acceptors (Lipinski definition) is 4. The van der Waals surface area contributed by atoms with Gasteiger partial charge in [-0.2, -0.15) is 0 Å². The smallest absolute Gasteiger partial charge is 0.231 e. The molecule has 15 heavy (non-hydrogen) atoms. The monoisotopic (exact) mass is 230 g/mol. The topological polar surface area (TPSA) is 47.9 Å². The maximum absolute atomic E-state index is 8.91. The third-order valence-corrected chi connectivity index (χ3v) is 2.57. The fourth-order valence-electron chi connectivity index (χ4n) is 1.56. The summed E-state index contributed by atoms with van der Waals surface area (Å²) in [7, 11) is 1.53. The van der Waals surface area contributed by atoms with Gasteiger partial charge in [-0.15, -0.1) is 0 Å². The van der Waals surface area contributed by atoms with Gasteiger partial charge < -0.3 is 19.3 Å². The molecule has 1 aliphatic heterocycles. The number of methoxy groups -OCH3 is 1. The molecular formula is C10H11ClO4. The summed E-state index contributed by atoms with van der Waals surface area (Å²) in [4.78, 5) is 0. The Morgan fingerprint density at radius 1 is 1.53 bits per heavy atom. The van der Waals surface area contributed by atoms with Crippen molar-refractivity contribution in [3.05, 3.63) is 16.7 Å². The Hall–Kier alpha value is -1.13. The molecule has 0 fully saturated rings. The van der Waals surface area contributed by atoms with Crippen LogP contribution in [0.1, 0.15) is 5.56 Å². The van der Waals surface area contributed by atoms with Crippen molar-refractivity contribution in [1.82, 2.24) is 0 Å². The average Bonchev–Trinajstić information content (AvgIpc) is 2.67. The van der Waals surface area contributed by atoms with E-state index in [1.807, 2.05) is 0 Å². The van der Waals surface area contributed by atoms with Crippen LogP contribution in [0.3, 0.4) is 0 Å². The van der Waals surface area contributed by atoms with Crippen LogP contribution in [0.15, 0.2) is 6.07 Å². The highest BCUT2D eigenvalue weighted by atomic mass is 35.5. The molecule has 1 aromatic rings. The highest BCUT2D eigenvalue weighted by Gasteiger charge is 2.23. The molecule has 1 aliphatic rings. The molecule has 0 amide bonds. The molecule has 1 aromatic carbocycles. The minimum absolute atomic E-state index is 0.0341. The van der Waals surface area contributed by atoms with Crippen molar-refractivity contribution in [3.8, 4) is 17.2 Å². The molecule has 5 heteroatoms. The largest absolute Gasteiger partial charge is 0.495 e. The maximum atomic E-state index is 8.91. The lowest BCUT2D eigenvalue weighted by atomic mass is 10.1. The summed E-state index contributed by atoms with van der Waals surface area (Å²) in [6.45, 7) is 0.202. The summed E-state index contributed by atoms with van der Waals surface area (Å²) in [6, 6.07) is 1.78. The van der Waals surface area contributed by atoms with Crippen LogP contribution in [0.4, 0.5) is 0 Å². The lowest BCUT2D eigenvalue weighted by Crippen LogP contribution is -1.97. The van der Waals surface area contributed by atoms with Crippen LogP contribution in [0.2, 0.25) is 5.02 Å². The number of halogens is 1. The van der Waals surface area contributed by atoms with Gasteiger partial charge in [-0.3, -0.25) is 0 Å². The number of aliphatic hydroxyl groups is 1. The number of hydrogen-bond donors (Lipinski definition) is 1. The van der Waals surface area contributed by atoms with Gasteiger partial charge in [0.25, 0.3) is 0 Å². The first-order chi connectivity index (χ1) is 7.27. The normalized spacial score (nSPS) is 13.0. The van der Waals surface area contributed by atoms with Gasteiger partial charge in [0.15, 0.2) is 11.5 Å². The Kier molecular flexibility index (Phi) is 2.88. The minimum atomic E-state index is 0.0341. The number of rotatable bonds is 3. The third kappa shape index (κ3) is 1.70. The minimum Gasteiger partial charge on any atom is -0.495 e. The summed E-state index contributed by atoms with van der Waals surface area (Å²) >= 11 is 6.08. The molecule has 1 N–H and O–H groups in total. The van der Waals surface area contributed by atoms with Crippen molar-refractivity contribution in [1.29, 1.82) is 0 Å². The van der Waals surface area contributed by atoms with E-state index in [1.165, 1.54) is 7.11 Å². The van der Waals surface area contributed by atoms with Crippen molar-refractivity contribution in [2.24, 2.45) is 0 Å². The van der Waals surface area contributed by atoms with Gasteiger partial charge in [0.2, 0.25) is 6.79 Å². The van der Waals surface area contributed by atoms with Crippen LogP contribution in [-0.4, -0.2) is 25.6 Å². The lowest BCUT2D eigenvalue weighted by molar-refractivity contribution is 0.174. The van der Waals surface area contributed by atoms with E-state index >= 15 is 0 Å². The zero-order valence-corrected chi connectivity index (χ0v) is 9.00. The molecule has 1 heterocycles. The van der Waals surface area contributed by atoms with Gasteiger partial charge in [-0.25, -0.2) is 0 Å². The Labute approximate surface area is 92.3 Å². The molecule has 0 bridgehead atoms. The van der Waals surface area contributed by atoms with Gasteiger partial charge in [0.05, 0.1) is 7.11 Å². The van der Waals surface area contributed by atoms with Crippen molar-refractivity contribution in [2.75, 3.05) is 20.5 Å². The first-order valence-corrected chi connectivity index (χ1v) is 4.91. The molecule has 0 unspecified atom stereocenters. The van der Waals surface area contributed by atoms with Gasteiger partial charge in [0, 0.05) is 12.2 Å².